The van der Waals surface area contributed by atoms with Gasteiger partial charge in [-0.1, -0.05) is 6.58 Å². The quantitative estimate of drug-likeness (QED) is 0.616. The zero-order valence-electron chi connectivity index (χ0n) is 14.0. The van der Waals surface area contributed by atoms with E-state index in [4.69, 9.17) is 0 Å². The van der Waals surface area contributed by atoms with E-state index >= 15 is 0 Å². The van der Waals surface area contributed by atoms with Gasteiger partial charge in [-0.05, 0) is 30.3 Å². The zero-order chi connectivity index (χ0) is 19.6. The van der Waals surface area contributed by atoms with Gasteiger partial charge in [-0.2, -0.15) is 0 Å². The Balaban J connectivity index is 1.97. The second kappa shape index (κ2) is 7.31. The maximum absolute atomic E-state index is 12.3. The van der Waals surface area contributed by atoms with Crippen molar-refractivity contribution in [3.63, 3.8) is 0 Å². The van der Waals surface area contributed by atoms with Gasteiger partial charge in [0.2, 0.25) is 5.91 Å². The predicted octanol–water partition coefficient (Wildman–Crippen LogP) is 3.80. The number of hydrogen-bond acceptors (Lipinski definition) is 6. The summed E-state index contributed by atoms with van der Waals surface area (Å²) in [5.41, 5.74) is 3.16. The topological polar surface area (TPSA) is 68.2 Å². The van der Waals surface area contributed by atoms with Crippen LogP contribution in [0.15, 0.2) is 42.4 Å². The van der Waals surface area contributed by atoms with Crippen molar-refractivity contribution in [2.24, 2.45) is 0 Å². The molecule has 0 unspecified atom stereocenters. The minimum Gasteiger partial charge on any atom is -0.406 e. The molecule has 0 saturated heterocycles. The molecule has 27 heavy (non-hydrogen) atoms. The van der Waals surface area contributed by atoms with Gasteiger partial charge >= 0.3 is 6.36 Å². The molecule has 3 rings (SSSR count). The summed E-state index contributed by atoms with van der Waals surface area (Å²) in [6.07, 6.45) is -3.57. The van der Waals surface area contributed by atoms with Crippen molar-refractivity contribution in [1.29, 1.82) is 0 Å². The van der Waals surface area contributed by atoms with Crippen molar-refractivity contribution in [3.8, 4) is 17.0 Å². The highest BCUT2D eigenvalue weighted by molar-refractivity contribution is 7.16. The van der Waals surface area contributed by atoms with Gasteiger partial charge in [-0.25, -0.2) is 15.0 Å². The molecule has 1 amide bonds. The molecule has 0 aliphatic rings. The molecule has 0 N–H and O–H groups in total. The number of alkyl halides is 3. The van der Waals surface area contributed by atoms with Crippen molar-refractivity contribution < 1.29 is 22.7 Å². The van der Waals surface area contributed by atoms with E-state index < -0.39 is 6.36 Å². The lowest BCUT2D eigenvalue weighted by molar-refractivity contribution is -0.274. The lowest BCUT2D eigenvalue weighted by Gasteiger charge is -2.14. The number of fused-ring (bicyclic) bond motifs is 1. The molecule has 1 aromatic carbocycles. The molecular weight excluding hydrogens is 381 g/mol. The number of amides is 1. The largest absolute Gasteiger partial charge is 0.573 e. The van der Waals surface area contributed by atoms with Crippen molar-refractivity contribution >= 4 is 27.6 Å². The summed E-state index contributed by atoms with van der Waals surface area (Å²) in [4.78, 5) is 26.8. The Morgan fingerprint density at radius 2 is 2.00 bits per heavy atom. The molecule has 10 heteroatoms. The van der Waals surface area contributed by atoms with Crippen molar-refractivity contribution in [2.45, 2.75) is 12.9 Å². The molecule has 140 valence electrons. The Morgan fingerprint density at radius 3 is 2.63 bits per heavy atom. The second-order valence-electron chi connectivity index (χ2n) is 5.47. The molecule has 0 aliphatic heterocycles. The van der Waals surface area contributed by atoms with Gasteiger partial charge in [0.1, 0.15) is 27.6 Å². The summed E-state index contributed by atoms with van der Waals surface area (Å²) in [6.45, 7) is 3.59. The average molecular weight is 394 g/mol. The highest BCUT2D eigenvalue weighted by Gasteiger charge is 2.31. The third-order valence-corrected chi connectivity index (χ3v) is 4.25. The van der Waals surface area contributed by atoms with Crippen LogP contribution in [0.2, 0.25) is 0 Å². The highest BCUT2D eigenvalue weighted by atomic mass is 32.1. The fraction of sp³-hybridized carbons (Fsp3) is 0.176. The molecular formula is C17H13F3N4O2S. The van der Waals surface area contributed by atoms with E-state index in [0.29, 0.717) is 27.4 Å². The van der Waals surface area contributed by atoms with Crippen LogP contribution in [-0.2, 0) is 11.3 Å². The Kier molecular flexibility index (Phi) is 5.08. The number of ether oxygens (including phenoxy) is 1. The van der Waals surface area contributed by atoms with Crippen molar-refractivity contribution in [2.75, 3.05) is 7.05 Å². The van der Waals surface area contributed by atoms with Gasteiger partial charge in [0.05, 0.1) is 12.1 Å². The van der Waals surface area contributed by atoms with Crippen LogP contribution < -0.4 is 4.74 Å². The first-order valence-corrected chi connectivity index (χ1v) is 8.48. The van der Waals surface area contributed by atoms with Crippen LogP contribution in [0.3, 0.4) is 0 Å². The van der Waals surface area contributed by atoms with E-state index in [1.165, 1.54) is 46.6 Å². The van der Waals surface area contributed by atoms with Crippen LogP contribution in [0, 0.1) is 0 Å². The van der Waals surface area contributed by atoms with E-state index in [0.717, 1.165) is 0 Å². The van der Waals surface area contributed by atoms with Crippen LogP contribution in [0.4, 0.5) is 13.2 Å². The van der Waals surface area contributed by atoms with E-state index in [9.17, 15) is 18.0 Å². The molecule has 0 aliphatic carbocycles. The number of likely N-dealkylation sites (N-methyl/N-ethyl adjacent to an activating group) is 1. The van der Waals surface area contributed by atoms with E-state index in [-0.39, 0.29) is 18.2 Å². The lowest BCUT2D eigenvalue weighted by Crippen LogP contribution is -2.25. The number of hydrogen-bond donors (Lipinski definition) is 0. The van der Waals surface area contributed by atoms with Crippen LogP contribution >= 0.6 is 11.3 Å². The molecule has 2 aromatic heterocycles. The minimum atomic E-state index is -4.76. The van der Waals surface area contributed by atoms with E-state index in [1.54, 1.807) is 12.6 Å². The fourth-order valence-electron chi connectivity index (χ4n) is 2.34. The summed E-state index contributed by atoms with van der Waals surface area (Å²) in [5, 5.41) is 0. The van der Waals surface area contributed by atoms with Gasteiger partial charge in [0.15, 0.2) is 0 Å². The smallest absolute Gasteiger partial charge is 0.406 e. The molecule has 6 nitrogen and oxygen atoms in total. The standard InChI is InChI=1S/C17H13F3N4O2S/c1-3-13(25)24(2)8-12-22-14(15-16(23-12)27-9-21-15)10-4-6-11(7-5-10)26-17(18,19)20/h3-7,9H,1,8H2,2H3. The Morgan fingerprint density at radius 1 is 1.30 bits per heavy atom. The number of nitrogens with zero attached hydrogens (tertiary/aromatic N) is 4. The fourth-order valence-corrected chi connectivity index (χ4v) is 3.02. The molecule has 0 fully saturated rings. The maximum atomic E-state index is 12.3. The molecule has 0 atom stereocenters. The van der Waals surface area contributed by atoms with Crippen LogP contribution in [0.25, 0.3) is 21.6 Å². The first kappa shape index (κ1) is 18.8. The maximum Gasteiger partial charge on any atom is 0.573 e. The number of benzene rings is 1. The summed E-state index contributed by atoms with van der Waals surface area (Å²) < 4.78 is 40.8. The Hall–Kier alpha value is -3.01. The van der Waals surface area contributed by atoms with Crippen molar-refractivity contribution in [3.05, 3.63) is 48.3 Å². The molecule has 0 radical (unpaired) electrons. The third-order valence-electron chi connectivity index (χ3n) is 3.54. The number of thiazole rings is 1. The van der Waals surface area contributed by atoms with Crippen LogP contribution in [0.1, 0.15) is 5.82 Å². The van der Waals surface area contributed by atoms with Gasteiger partial charge in [-0.15, -0.1) is 24.5 Å². The molecule has 0 spiro atoms. The number of carbonyl (C=O) groups excluding carboxylic acids is 1. The van der Waals surface area contributed by atoms with Gasteiger partial charge in [0.25, 0.3) is 0 Å². The minimum absolute atomic E-state index is 0.154. The summed E-state index contributed by atoms with van der Waals surface area (Å²) in [7, 11) is 1.59. The number of aromatic nitrogens is 3. The van der Waals surface area contributed by atoms with Crippen LogP contribution in [-0.4, -0.2) is 39.2 Å². The summed E-state index contributed by atoms with van der Waals surface area (Å²) >= 11 is 1.30. The van der Waals surface area contributed by atoms with Gasteiger partial charge in [-0.3, -0.25) is 4.79 Å². The van der Waals surface area contributed by atoms with Crippen LogP contribution in [0.5, 0.6) is 5.75 Å². The number of rotatable bonds is 5. The Bertz CT molecular complexity index is 986. The monoisotopic (exact) mass is 394 g/mol. The zero-order valence-corrected chi connectivity index (χ0v) is 14.8. The average Bonchev–Trinajstić information content (AvgIpc) is 3.08. The van der Waals surface area contributed by atoms with Gasteiger partial charge < -0.3 is 9.64 Å². The number of halogens is 3. The van der Waals surface area contributed by atoms with E-state index in [1.807, 2.05) is 0 Å². The molecule has 0 bridgehead atoms. The highest BCUT2D eigenvalue weighted by Crippen LogP contribution is 2.30. The predicted molar refractivity (Wildman–Crippen MR) is 94.0 cm³/mol. The first-order chi connectivity index (χ1) is 12.8. The van der Waals surface area contributed by atoms with Crippen molar-refractivity contribution in [1.82, 2.24) is 19.9 Å². The second-order valence-corrected chi connectivity index (χ2v) is 6.30. The molecule has 0 saturated carbocycles. The van der Waals surface area contributed by atoms with E-state index in [2.05, 4.69) is 26.3 Å². The Labute approximate surface area is 156 Å². The third kappa shape index (κ3) is 4.40. The lowest BCUT2D eigenvalue weighted by atomic mass is 10.1. The summed E-state index contributed by atoms with van der Waals surface area (Å²) in [5.74, 6) is -0.223. The first-order valence-electron chi connectivity index (χ1n) is 7.60. The molecule has 3 aromatic rings. The number of carbonyl (C=O) groups is 1. The SMILES string of the molecule is C=CC(=O)N(C)Cc1nc(-c2ccc(OC(F)(F)F)cc2)c2ncsc2n1. The molecule has 2 heterocycles. The summed E-state index contributed by atoms with van der Waals surface area (Å²) in [6, 6.07) is 5.33. The normalized spacial score (nSPS) is 11.4. The van der Waals surface area contributed by atoms with Gasteiger partial charge in [0, 0.05) is 12.6 Å².